The first-order chi connectivity index (χ1) is 8.16. The monoisotopic (exact) mass is 228 g/mol. The molecule has 0 saturated heterocycles. The summed E-state index contributed by atoms with van der Waals surface area (Å²) in [5.41, 5.74) is 1.63. The fraction of sp³-hybridized carbons (Fsp3) is 0.286. The van der Waals surface area contributed by atoms with E-state index < -0.39 is 0 Å². The van der Waals surface area contributed by atoms with Crippen LogP contribution in [-0.4, -0.2) is 10.9 Å². The minimum Gasteiger partial charge on any atom is -0.324 e. The van der Waals surface area contributed by atoms with Crippen LogP contribution in [0.25, 0.3) is 10.9 Å². The summed E-state index contributed by atoms with van der Waals surface area (Å²) >= 11 is 0. The molecule has 1 heterocycles. The molecule has 0 fully saturated rings. The Labute approximate surface area is 101 Å². The van der Waals surface area contributed by atoms with Crippen LogP contribution in [0.2, 0.25) is 0 Å². The number of pyridine rings is 1. The third-order valence-corrected chi connectivity index (χ3v) is 2.50. The summed E-state index contributed by atoms with van der Waals surface area (Å²) in [6, 6.07) is 9.67. The van der Waals surface area contributed by atoms with Gasteiger partial charge in [-0.3, -0.25) is 9.78 Å². The maximum absolute atomic E-state index is 11.7. The van der Waals surface area contributed by atoms with E-state index in [0.29, 0.717) is 12.3 Å². The largest absolute Gasteiger partial charge is 0.324 e. The fourth-order valence-electron chi connectivity index (χ4n) is 1.78. The Morgan fingerprint density at radius 3 is 2.82 bits per heavy atom. The lowest BCUT2D eigenvalue weighted by molar-refractivity contribution is -0.116. The van der Waals surface area contributed by atoms with Crippen LogP contribution in [-0.2, 0) is 4.79 Å². The van der Waals surface area contributed by atoms with Crippen LogP contribution in [0.1, 0.15) is 20.3 Å². The van der Waals surface area contributed by atoms with Crippen LogP contribution in [0.15, 0.2) is 36.5 Å². The zero-order valence-electron chi connectivity index (χ0n) is 10.1. The molecular formula is C14H16N2O. The summed E-state index contributed by atoms with van der Waals surface area (Å²) in [5.74, 6) is 0.399. The van der Waals surface area contributed by atoms with Gasteiger partial charge < -0.3 is 5.32 Å². The lowest BCUT2D eigenvalue weighted by Gasteiger charge is -2.09. The van der Waals surface area contributed by atoms with Gasteiger partial charge in [-0.2, -0.15) is 0 Å². The Balaban J connectivity index is 2.27. The molecule has 88 valence electrons. The second-order valence-electron chi connectivity index (χ2n) is 4.53. The number of hydrogen-bond acceptors (Lipinski definition) is 2. The molecule has 0 bridgehead atoms. The minimum atomic E-state index is 0.0400. The van der Waals surface area contributed by atoms with Crippen molar-refractivity contribution < 1.29 is 4.79 Å². The maximum atomic E-state index is 11.7. The Bertz CT molecular complexity index is 529. The van der Waals surface area contributed by atoms with Crippen molar-refractivity contribution in [3.8, 4) is 0 Å². The summed E-state index contributed by atoms with van der Waals surface area (Å²) in [7, 11) is 0. The van der Waals surface area contributed by atoms with E-state index in [2.05, 4.69) is 10.3 Å². The van der Waals surface area contributed by atoms with Gasteiger partial charge in [-0.25, -0.2) is 0 Å². The van der Waals surface area contributed by atoms with Crippen LogP contribution < -0.4 is 5.32 Å². The predicted molar refractivity (Wildman–Crippen MR) is 69.8 cm³/mol. The van der Waals surface area contributed by atoms with E-state index in [0.717, 1.165) is 16.6 Å². The van der Waals surface area contributed by atoms with Gasteiger partial charge in [-0.15, -0.1) is 0 Å². The standard InChI is InChI=1S/C14H16N2O/c1-10(2)9-13(17)16-12-7-3-5-11-6-4-8-15-14(11)12/h3-8,10H,9H2,1-2H3,(H,16,17). The molecule has 2 aromatic rings. The maximum Gasteiger partial charge on any atom is 0.224 e. The topological polar surface area (TPSA) is 42.0 Å². The lowest BCUT2D eigenvalue weighted by atomic mass is 10.1. The number of nitrogens with zero attached hydrogens (tertiary/aromatic N) is 1. The highest BCUT2D eigenvalue weighted by atomic mass is 16.1. The molecule has 17 heavy (non-hydrogen) atoms. The number of anilines is 1. The molecule has 1 N–H and O–H groups in total. The normalized spacial score (nSPS) is 10.8. The number of hydrogen-bond donors (Lipinski definition) is 1. The predicted octanol–water partition coefficient (Wildman–Crippen LogP) is 3.22. The van der Waals surface area contributed by atoms with Gasteiger partial charge in [0, 0.05) is 18.0 Å². The third-order valence-electron chi connectivity index (χ3n) is 2.50. The van der Waals surface area contributed by atoms with Gasteiger partial charge in [0.2, 0.25) is 5.91 Å². The minimum absolute atomic E-state index is 0.0400. The zero-order chi connectivity index (χ0) is 12.3. The van der Waals surface area contributed by atoms with Crippen molar-refractivity contribution in [2.75, 3.05) is 5.32 Å². The summed E-state index contributed by atoms with van der Waals surface area (Å²) in [6.07, 6.45) is 2.27. The molecule has 3 heteroatoms. The average molecular weight is 228 g/mol. The Morgan fingerprint density at radius 2 is 2.06 bits per heavy atom. The van der Waals surface area contributed by atoms with Crippen LogP contribution in [0.4, 0.5) is 5.69 Å². The first-order valence-corrected chi connectivity index (χ1v) is 5.80. The van der Waals surface area contributed by atoms with E-state index in [-0.39, 0.29) is 5.91 Å². The van der Waals surface area contributed by atoms with Crippen molar-refractivity contribution in [1.29, 1.82) is 0 Å². The fourth-order valence-corrected chi connectivity index (χ4v) is 1.78. The van der Waals surface area contributed by atoms with Crippen LogP contribution in [0, 0.1) is 5.92 Å². The van der Waals surface area contributed by atoms with E-state index >= 15 is 0 Å². The van der Waals surface area contributed by atoms with Crippen molar-refractivity contribution in [1.82, 2.24) is 4.98 Å². The molecule has 2 rings (SSSR count). The quantitative estimate of drug-likeness (QED) is 0.876. The van der Waals surface area contributed by atoms with Crippen molar-refractivity contribution >= 4 is 22.5 Å². The molecule has 1 aromatic carbocycles. The number of fused-ring (bicyclic) bond motifs is 1. The van der Waals surface area contributed by atoms with Gasteiger partial charge in [0.1, 0.15) is 0 Å². The average Bonchev–Trinajstić information content (AvgIpc) is 2.28. The first kappa shape index (κ1) is 11.6. The molecule has 0 spiro atoms. The SMILES string of the molecule is CC(C)CC(=O)Nc1cccc2cccnc12. The van der Waals surface area contributed by atoms with E-state index in [4.69, 9.17) is 0 Å². The molecule has 0 atom stereocenters. The highest BCUT2D eigenvalue weighted by molar-refractivity contribution is 6.00. The molecule has 0 aliphatic rings. The van der Waals surface area contributed by atoms with E-state index in [1.165, 1.54) is 0 Å². The number of amides is 1. The summed E-state index contributed by atoms with van der Waals surface area (Å²) in [4.78, 5) is 16.0. The molecule has 0 unspecified atom stereocenters. The summed E-state index contributed by atoms with van der Waals surface area (Å²) in [5, 5.41) is 3.95. The van der Waals surface area contributed by atoms with Crippen LogP contribution in [0.3, 0.4) is 0 Å². The molecule has 0 radical (unpaired) electrons. The molecule has 0 aliphatic heterocycles. The van der Waals surface area contributed by atoms with E-state index in [9.17, 15) is 4.79 Å². The summed E-state index contributed by atoms with van der Waals surface area (Å²) in [6.45, 7) is 4.06. The number of rotatable bonds is 3. The van der Waals surface area contributed by atoms with Gasteiger partial charge in [0.25, 0.3) is 0 Å². The third kappa shape index (κ3) is 2.81. The van der Waals surface area contributed by atoms with Crippen molar-refractivity contribution in [2.24, 2.45) is 5.92 Å². The number of benzene rings is 1. The molecule has 0 saturated carbocycles. The molecule has 3 nitrogen and oxygen atoms in total. The van der Waals surface area contributed by atoms with Crippen molar-refractivity contribution in [3.63, 3.8) is 0 Å². The zero-order valence-corrected chi connectivity index (χ0v) is 10.1. The Morgan fingerprint density at radius 1 is 1.29 bits per heavy atom. The van der Waals surface area contributed by atoms with Gasteiger partial charge in [0.05, 0.1) is 11.2 Å². The second-order valence-corrected chi connectivity index (χ2v) is 4.53. The van der Waals surface area contributed by atoms with E-state index in [1.54, 1.807) is 6.20 Å². The van der Waals surface area contributed by atoms with Crippen molar-refractivity contribution in [2.45, 2.75) is 20.3 Å². The van der Waals surface area contributed by atoms with Gasteiger partial charge >= 0.3 is 0 Å². The molecule has 1 amide bonds. The summed E-state index contributed by atoms with van der Waals surface area (Å²) < 4.78 is 0. The highest BCUT2D eigenvalue weighted by Gasteiger charge is 2.07. The number of para-hydroxylation sites is 1. The Hall–Kier alpha value is -1.90. The van der Waals surface area contributed by atoms with Crippen LogP contribution in [0.5, 0.6) is 0 Å². The molecule has 0 aliphatic carbocycles. The smallest absolute Gasteiger partial charge is 0.224 e. The lowest BCUT2D eigenvalue weighted by Crippen LogP contribution is -2.14. The van der Waals surface area contributed by atoms with Crippen molar-refractivity contribution in [3.05, 3.63) is 36.5 Å². The highest BCUT2D eigenvalue weighted by Crippen LogP contribution is 2.20. The molecular weight excluding hydrogens is 212 g/mol. The molecule has 1 aromatic heterocycles. The number of carbonyl (C=O) groups excluding carboxylic acids is 1. The Kier molecular flexibility index (Phi) is 3.38. The van der Waals surface area contributed by atoms with Gasteiger partial charge in [-0.05, 0) is 18.1 Å². The number of nitrogens with one attached hydrogen (secondary N) is 1. The number of aromatic nitrogens is 1. The van der Waals surface area contributed by atoms with Gasteiger partial charge in [0.15, 0.2) is 0 Å². The first-order valence-electron chi connectivity index (χ1n) is 5.80. The van der Waals surface area contributed by atoms with Gasteiger partial charge in [-0.1, -0.05) is 32.0 Å². The second kappa shape index (κ2) is 4.95. The van der Waals surface area contributed by atoms with Crippen LogP contribution >= 0.6 is 0 Å². The number of carbonyl (C=O) groups is 1. The van der Waals surface area contributed by atoms with E-state index in [1.807, 2.05) is 44.2 Å².